The molecule has 0 spiro atoms. The van der Waals surface area contributed by atoms with E-state index in [2.05, 4.69) is 16.7 Å². The van der Waals surface area contributed by atoms with E-state index in [0.717, 1.165) is 16.1 Å². The number of hydrogen-bond acceptors (Lipinski definition) is 5. The summed E-state index contributed by atoms with van der Waals surface area (Å²) in [6.07, 6.45) is 0.253. The van der Waals surface area contributed by atoms with Gasteiger partial charge in [-0.15, -0.1) is 11.3 Å². The normalized spacial score (nSPS) is 16.8. The number of thiophene rings is 1. The maximum absolute atomic E-state index is 12.2. The molecule has 0 unspecified atom stereocenters. The molecule has 132 valence electrons. The van der Waals surface area contributed by atoms with E-state index in [0.29, 0.717) is 10.6 Å². The number of nitriles is 1. The third-order valence-electron chi connectivity index (χ3n) is 4.01. The zero-order valence-electron chi connectivity index (χ0n) is 14.1. The molecule has 2 aromatic rings. The van der Waals surface area contributed by atoms with Crippen LogP contribution in [-0.4, -0.2) is 17.6 Å². The maximum atomic E-state index is 12.2. The van der Waals surface area contributed by atoms with Crippen molar-refractivity contribution in [2.45, 2.75) is 19.3 Å². The third kappa shape index (κ3) is 4.15. The summed E-state index contributed by atoms with van der Waals surface area (Å²) < 4.78 is 0. The van der Waals surface area contributed by atoms with Crippen molar-refractivity contribution < 1.29 is 9.59 Å². The van der Waals surface area contributed by atoms with E-state index in [1.807, 2.05) is 48.7 Å². The van der Waals surface area contributed by atoms with Crippen molar-refractivity contribution in [3.8, 4) is 6.07 Å². The van der Waals surface area contributed by atoms with Crippen LogP contribution in [0.25, 0.3) is 0 Å². The number of hydrogen-bond donors (Lipinski definition) is 2. The number of benzene rings is 1. The van der Waals surface area contributed by atoms with E-state index in [-0.39, 0.29) is 29.9 Å². The van der Waals surface area contributed by atoms with Crippen molar-refractivity contribution in [2.24, 2.45) is 0 Å². The fraction of sp³-hybridized carbons (Fsp3) is 0.211. The summed E-state index contributed by atoms with van der Waals surface area (Å²) >= 11 is 2.71. The number of nitrogens with zero attached hydrogens (tertiary/aromatic N) is 1. The molecule has 0 saturated heterocycles. The SMILES string of the molecule is Cc1ccccc1NC(=O)CSC1=C(C#N)[C@@H](c2cccs2)CC(=O)N1. The molecule has 5 nitrogen and oxygen atoms in total. The van der Waals surface area contributed by atoms with Crippen molar-refractivity contribution in [1.29, 1.82) is 5.26 Å². The molecule has 3 rings (SSSR count). The summed E-state index contributed by atoms with van der Waals surface area (Å²) in [5.74, 6) is -0.437. The minimum atomic E-state index is -0.240. The molecule has 2 heterocycles. The van der Waals surface area contributed by atoms with Crippen molar-refractivity contribution >= 4 is 40.6 Å². The van der Waals surface area contributed by atoms with Gasteiger partial charge in [0.2, 0.25) is 11.8 Å². The Bertz CT molecular complexity index is 898. The summed E-state index contributed by atoms with van der Waals surface area (Å²) in [6, 6.07) is 13.6. The van der Waals surface area contributed by atoms with Gasteiger partial charge in [0.1, 0.15) is 0 Å². The first-order valence-electron chi connectivity index (χ1n) is 8.04. The highest BCUT2D eigenvalue weighted by Crippen LogP contribution is 2.37. The number of para-hydroxylation sites is 1. The Kier molecular flexibility index (Phi) is 5.76. The van der Waals surface area contributed by atoms with Crippen LogP contribution in [0.5, 0.6) is 0 Å². The molecule has 1 aromatic heterocycles. The highest BCUT2D eigenvalue weighted by atomic mass is 32.2. The first kappa shape index (κ1) is 18.2. The Hall–Kier alpha value is -2.56. The zero-order chi connectivity index (χ0) is 18.5. The van der Waals surface area contributed by atoms with Crippen molar-refractivity contribution in [3.63, 3.8) is 0 Å². The standard InChI is InChI=1S/C19H17N3O2S2/c1-12-5-2-3-6-15(12)21-18(24)11-26-19-14(10-20)13(9-17(23)22-19)16-7-4-8-25-16/h2-8,13H,9,11H2,1H3,(H,21,24)(H,22,23)/t13-/m0/s1. The minimum Gasteiger partial charge on any atom is -0.325 e. The van der Waals surface area contributed by atoms with Gasteiger partial charge in [-0.3, -0.25) is 9.59 Å². The zero-order valence-corrected chi connectivity index (χ0v) is 15.7. The number of nitrogens with one attached hydrogen (secondary N) is 2. The summed E-state index contributed by atoms with van der Waals surface area (Å²) in [7, 11) is 0. The number of carbonyl (C=O) groups excluding carboxylic acids is 2. The third-order valence-corrected chi connectivity index (χ3v) is 6.01. The molecule has 0 fully saturated rings. The number of aryl methyl sites for hydroxylation is 1. The minimum absolute atomic E-state index is 0.117. The van der Waals surface area contributed by atoms with E-state index in [1.165, 1.54) is 23.1 Å². The van der Waals surface area contributed by atoms with Crippen LogP contribution in [0.2, 0.25) is 0 Å². The predicted molar refractivity (Wildman–Crippen MR) is 105 cm³/mol. The molecule has 0 bridgehead atoms. The van der Waals surface area contributed by atoms with E-state index in [9.17, 15) is 14.9 Å². The van der Waals surface area contributed by atoms with Crippen molar-refractivity contribution in [2.75, 3.05) is 11.1 Å². The van der Waals surface area contributed by atoms with Crippen LogP contribution in [0.1, 0.15) is 22.8 Å². The van der Waals surface area contributed by atoms with E-state index >= 15 is 0 Å². The average molecular weight is 383 g/mol. The fourth-order valence-corrected chi connectivity index (χ4v) is 4.42. The lowest BCUT2D eigenvalue weighted by Gasteiger charge is -2.23. The van der Waals surface area contributed by atoms with Crippen LogP contribution in [0, 0.1) is 18.3 Å². The Balaban J connectivity index is 1.72. The van der Waals surface area contributed by atoms with Gasteiger partial charge in [-0.1, -0.05) is 36.0 Å². The van der Waals surface area contributed by atoms with Gasteiger partial charge in [-0.05, 0) is 30.0 Å². The number of rotatable bonds is 5. The molecule has 2 N–H and O–H groups in total. The van der Waals surface area contributed by atoms with Gasteiger partial charge in [-0.25, -0.2) is 0 Å². The number of anilines is 1. The summed E-state index contributed by atoms with van der Waals surface area (Å²) in [5.41, 5.74) is 2.25. The smallest absolute Gasteiger partial charge is 0.234 e. The lowest BCUT2D eigenvalue weighted by molar-refractivity contribution is -0.121. The molecule has 1 aromatic carbocycles. The lowest BCUT2D eigenvalue weighted by atomic mass is 9.93. The first-order valence-corrected chi connectivity index (χ1v) is 9.91. The summed E-state index contributed by atoms with van der Waals surface area (Å²) in [5, 5.41) is 17.6. The monoisotopic (exact) mass is 383 g/mol. The van der Waals surface area contributed by atoms with Crippen LogP contribution in [-0.2, 0) is 9.59 Å². The van der Waals surface area contributed by atoms with Crippen LogP contribution >= 0.6 is 23.1 Å². The first-order chi connectivity index (χ1) is 12.6. The van der Waals surface area contributed by atoms with Gasteiger partial charge >= 0.3 is 0 Å². The fourth-order valence-electron chi connectivity index (χ4n) is 2.70. The van der Waals surface area contributed by atoms with Crippen LogP contribution in [0.3, 0.4) is 0 Å². The largest absolute Gasteiger partial charge is 0.325 e. The molecular weight excluding hydrogens is 366 g/mol. The van der Waals surface area contributed by atoms with Gasteiger partial charge in [-0.2, -0.15) is 5.26 Å². The van der Waals surface area contributed by atoms with Gasteiger partial charge < -0.3 is 10.6 Å². The van der Waals surface area contributed by atoms with Crippen LogP contribution in [0.4, 0.5) is 5.69 Å². The predicted octanol–water partition coefficient (Wildman–Crippen LogP) is 3.77. The van der Waals surface area contributed by atoms with Crippen molar-refractivity contribution in [3.05, 3.63) is 62.8 Å². The molecule has 26 heavy (non-hydrogen) atoms. The van der Waals surface area contributed by atoms with Crippen LogP contribution < -0.4 is 10.6 Å². The van der Waals surface area contributed by atoms with Crippen LogP contribution in [0.15, 0.2) is 52.4 Å². The molecular formula is C19H17N3O2S2. The second-order valence-electron chi connectivity index (χ2n) is 5.83. The van der Waals surface area contributed by atoms with E-state index < -0.39 is 0 Å². The molecule has 1 aliphatic heterocycles. The number of amides is 2. The van der Waals surface area contributed by atoms with Gasteiger partial charge in [0.05, 0.1) is 22.4 Å². The molecule has 0 saturated carbocycles. The maximum Gasteiger partial charge on any atom is 0.234 e. The molecule has 0 aliphatic carbocycles. The second kappa shape index (κ2) is 8.21. The van der Waals surface area contributed by atoms with E-state index in [1.54, 1.807) is 0 Å². The quantitative estimate of drug-likeness (QED) is 0.823. The Morgan fingerprint density at radius 1 is 1.38 bits per heavy atom. The Morgan fingerprint density at radius 3 is 2.88 bits per heavy atom. The van der Waals surface area contributed by atoms with Gasteiger partial charge in [0.15, 0.2) is 0 Å². The lowest BCUT2D eigenvalue weighted by Crippen LogP contribution is -2.31. The molecule has 1 aliphatic rings. The number of allylic oxidation sites excluding steroid dienone is 1. The second-order valence-corrected chi connectivity index (χ2v) is 7.79. The van der Waals surface area contributed by atoms with Gasteiger partial charge in [0.25, 0.3) is 0 Å². The van der Waals surface area contributed by atoms with Crippen molar-refractivity contribution in [1.82, 2.24) is 5.32 Å². The van der Waals surface area contributed by atoms with Gasteiger partial charge in [0, 0.05) is 22.9 Å². The summed E-state index contributed by atoms with van der Waals surface area (Å²) in [6.45, 7) is 1.92. The summed E-state index contributed by atoms with van der Waals surface area (Å²) in [4.78, 5) is 25.3. The average Bonchev–Trinajstić information content (AvgIpc) is 3.16. The molecule has 7 heteroatoms. The van der Waals surface area contributed by atoms with E-state index in [4.69, 9.17) is 0 Å². The molecule has 1 atom stereocenters. The molecule has 0 radical (unpaired) electrons. The highest BCUT2D eigenvalue weighted by Gasteiger charge is 2.30. The molecule has 2 amide bonds. The topological polar surface area (TPSA) is 82.0 Å². The number of thioether (sulfide) groups is 1. The number of carbonyl (C=O) groups is 2. The Morgan fingerprint density at radius 2 is 2.19 bits per heavy atom. The highest BCUT2D eigenvalue weighted by molar-refractivity contribution is 8.03. The Labute approximate surface area is 160 Å².